The fourth-order valence-corrected chi connectivity index (χ4v) is 3.48. The molecule has 5 heteroatoms. The van der Waals surface area contributed by atoms with E-state index in [4.69, 9.17) is 0 Å². The third-order valence-corrected chi connectivity index (χ3v) is 4.59. The summed E-state index contributed by atoms with van der Waals surface area (Å²) in [6.07, 6.45) is 8.85. The molecule has 20 heavy (non-hydrogen) atoms. The number of anilines is 1. The predicted octanol–water partition coefficient (Wildman–Crippen LogP) is 2.03. The lowest BCUT2D eigenvalue weighted by atomic mass is 9.95. The van der Waals surface area contributed by atoms with Gasteiger partial charge in [0, 0.05) is 25.2 Å². The smallest absolute Gasteiger partial charge is 0.330 e. The Kier molecular flexibility index (Phi) is 3.94. The van der Waals surface area contributed by atoms with Gasteiger partial charge in [-0.05, 0) is 32.1 Å². The van der Waals surface area contributed by atoms with E-state index in [1.807, 2.05) is 0 Å². The van der Waals surface area contributed by atoms with Gasteiger partial charge in [-0.15, -0.1) is 0 Å². The van der Waals surface area contributed by atoms with Crippen molar-refractivity contribution in [1.82, 2.24) is 9.55 Å². The maximum absolute atomic E-state index is 12.3. The second-order valence-electron chi connectivity index (χ2n) is 6.01. The van der Waals surface area contributed by atoms with E-state index >= 15 is 0 Å². The van der Waals surface area contributed by atoms with Crippen LogP contribution >= 0.6 is 0 Å². The van der Waals surface area contributed by atoms with Crippen molar-refractivity contribution in [2.45, 2.75) is 57.4 Å². The number of hydrogen-bond acceptors (Lipinski definition) is 3. The monoisotopic (exact) mass is 277 g/mol. The zero-order valence-corrected chi connectivity index (χ0v) is 11.9. The van der Waals surface area contributed by atoms with Crippen molar-refractivity contribution in [3.05, 3.63) is 26.9 Å². The molecule has 0 bridgehead atoms. The van der Waals surface area contributed by atoms with Crippen LogP contribution in [0.25, 0.3) is 0 Å². The molecule has 0 spiro atoms. The van der Waals surface area contributed by atoms with E-state index in [2.05, 4.69) is 9.88 Å². The molecule has 110 valence electrons. The second-order valence-corrected chi connectivity index (χ2v) is 6.01. The van der Waals surface area contributed by atoms with Gasteiger partial charge in [0.25, 0.3) is 5.56 Å². The highest BCUT2D eigenvalue weighted by Gasteiger charge is 2.20. The number of piperidine rings is 1. The maximum atomic E-state index is 12.3. The first-order valence-corrected chi connectivity index (χ1v) is 7.86. The van der Waals surface area contributed by atoms with E-state index in [9.17, 15) is 9.59 Å². The van der Waals surface area contributed by atoms with E-state index in [1.54, 1.807) is 6.07 Å². The van der Waals surface area contributed by atoms with Crippen LogP contribution in [-0.2, 0) is 0 Å². The number of H-pyrrole nitrogens is 1. The number of rotatable bonds is 2. The molecule has 1 saturated heterocycles. The van der Waals surface area contributed by atoms with Crippen LogP contribution in [0.3, 0.4) is 0 Å². The first-order valence-electron chi connectivity index (χ1n) is 7.86. The van der Waals surface area contributed by atoms with Crippen molar-refractivity contribution in [3.8, 4) is 0 Å². The Bertz CT molecular complexity index is 532. The average molecular weight is 277 g/mol. The molecule has 0 radical (unpaired) electrons. The molecule has 2 fully saturated rings. The van der Waals surface area contributed by atoms with Crippen LogP contribution < -0.4 is 16.1 Å². The van der Waals surface area contributed by atoms with Crippen LogP contribution in [0.5, 0.6) is 0 Å². The number of aromatic amines is 1. The Morgan fingerprint density at radius 2 is 1.60 bits per heavy atom. The molecule has 5 nitrogen and oxygen atoms in total. The summed E-state index contributed by atoms with van der Waals surface area (Å²) in [5.41, 5.74) is -0.369. The molecule has 0 aromatic carbocycles. The van der Waals surface area contributed by atoms with Gasteiger partial charge in [0.2, 0.25) is 0 Å². The molecule has 0 unspecified atom stereocenters. The van der Waals surface area contributed by atoms with Crippen molar-refractivity contribution in [2.75, 3.05) is 18.0 Å². The van der Waals surface area contributed by atoms with Gasteiger partial charge in [0.1, 0.15) is 5.82 Å². The zero-order valence-electron chi connectivity index (χ0n) is 11.9. The Balaban J connectivity index is 1.90. The number of hydrogen-bond donors (Lipinski definition) is 1. The molecule has 1 aromatic rings. The standard InChI is InChI=1S/C15H23N3O2/c19-14-11-13(17-9-5-2-6-10-17)16-15(20)18(14)12-7-3-1-4-8-12/h11-12H,1-10H2,(H,16,20). The molecule has 0 amide bonds. The van der Waals surface area contributed by atoms with Gasteiger partial charge < -0.3 is 4.90 Å². The summed E-state index contributed by atoms with van der Waals surface area (Å²) in [5.74, 6) is 0.701. The van der Waals surface area contributed by atoms with Crippen molar-refractivity contribution in [1.29, 1.82) is 0 Å². The van der Waals surface area contributed by atoms with Gasteiger partial charge in [0.05, 0.1) is 0 Å². The summed E-state index contributed by atoms with van der Waals surface area (Å²) in [4.78, 5) is 29.6. The van der Waals surface area contributed by atoms with Gasteiger partial charge in [-0.2, -0.15) is 0 Å². The van der Waals surface area contributed by atoms with Gasteiger partial charge in [-0.25, -0.2) is 4.79 Å². The lowest BCUT2D eigenvalue weighted by molar-refractivity contribution is 0.336. The summed E-state index contributed by atoms with van der Waals surface area (Å²) in [7, 11) is 0. The van der Waals surface area contributed by atoms with E-state index < -0.39 is 0 Å². The number of aromatic nitrogens is 2. The summed E-state index contributed by atoms with van der Waals surface area (Å²) in [6, 6.07) is 1.71. The summed E-state index contributed by atoms with van der Waals surface area (Å²) < 4.78 is 1.44. The highest BCUT2D eigenvalue weighted by molar-refractivity contribution is 5.36. The summed E-state index contributed by atoms with van der Waals surface area (Å²) in [5, 5.41) is 0. The van der Waals surface area contributed by atoms with Gasteiger partial charge >= 0.3 is 5.69 Å². The molecule has 2 aliphatic rings. The minimum absolute atomic E-state index is 0.0930. The molecule has 1 aliphatic carbocycles. The van der Waals surface area contributed by atoms with Gasteiger partial charge in [-0.3, -0.25) is 14.3 Å². The number of nitrogens with one attached hydrogen (secondary N) is 1. The SMILES string of the molecule is O=c1cc(N2CCCCC2)[nH]c(=O)n1C1CCCCC1. The fraction of sp³-hybridized carbons (Fsp3) is 0.733. The summed E-state index contributed by atoms with van der Waals surface area (Å²) >= 11 is 0. The molecule has 1 saturated carbocycles. The van der Waals surface area contributed by atoms with E-state index in [0.29, 0.717) is 5.82 Å². The first kappa shape index (κ1) is 13.5. The molecule has 1 aromatic heterocycles. The normalized spacial score (nSPS) is 21.1. The minimum atomic E-state index is -0.232. The maximum Gasteiger partial charge on any atom is 0.330 e. The number of nitrogens with zero attached hydrogens (tertiary/aromatic N) is 2. The van der Waals surface area contributed by atoms with E-state index in [-0.39, 0.29) is 17.3 Å². The van der Waals surface area contributed by atoms with Crippen molar-refractivity contribution in [3.63, 3.8) is 0 Å². The Labute approximate surface area is 118 Å². The van der Waals surface area contributed by atoms with Crippen molar-refractivity contribution < 1.29 is 0 Å². The van der Waals surface area contributed by atoms with E-state index in [0.717, 1.165) is 51.6 Å². The third kappa shape index (κ3) is 2.67. The molecule has 1 aliphatic heterocycles. The molecule has 0 atom stereocenters. The largest absolute Gasteiger partial charge is 0.358 e. The minimum Gasteiger partial charge on any atom is -0.358 e. The van der Waals surface area contributed by atoms with Gasteiger partial charge in [0.15, 0.2) is 0 Å². The topological polar surface area (TPSA) is 58.1 Å². The third-order valence-electron chi connectivity index (χ3n) is 4.59. The van der Waals surface area contributed by atoms with Crippen LogP contribution in [0.4, 0.5) is 5.82 Å². The fourth-order valence-electron chi connectivity index (χ4n) is 3.48. The molecular weight excluding hydrogens is 254 g/mol. The van der Waals surface area contributed by atoms with Crippen molar-refractivity contribution in [2.24, 2.45) is 0 Å². The molecule has 1 N–H and O–H groups in total. The predicted molar refractivity (Wildman–Crippen MR) is 79.5 cm³/mol. The Morgan fingerprint density at radius 1 is 0.950 bits per heavy atom. The first-order chi connectivity index (χ1) is 9.75. The quantitative estimate of drug-likeness (QED) is 0.900. The van der Waals surface area contributed by atoms with Crippen molar-refractivity contribution >= 4 is 5.82 Å². The lowest BCUT2D eigenvalue weighted by Gasteiger charge is -2.29. The molecule has 2 heterocycles. The lowest BCUT2D eigenvalue weighted by Crippen LogP contribution is -2.41. The van der Waals surface area contributed by atoms with Crippen LogP contribution in [0.1, 0.15) is 57.4 Å². The van der Waals surface area contributed by atoms with Crippen LogP contribution in [0.2, 0.25) is 0 Å². The van der Waals surface area contributed by atoms with Gasteiger partial charge in [-0.1, -0.05) is 19.3 Å². The zero-order chi connectivity index (χ0) is 13.9. The molecule has 3 rings (SSSR count). The van der Waals surface area contributed by atoms with E-state index in [1.165, 1.54) is 17.4 Å². The van der Waals surface area contributed by atoms with Crippen LogP contribution in [-0.4, -0.2) is 22.6 Å². The average Bonchev–Trinajstić information content (AvgIpc) is 2.48. The van der Waals surface area contributed by atoms with Crippen LogP contribution in [0.15, 0.2) is 15.7 Å². The Morgan fingerprint density at radius 3 is 2.25 bits per heavy atom. The molecular formula is C15H23N3O2. The second kappa shape index (κ2) is 5.85. The highest BCUT2D eigenvalue weighted by Crippen LogP contribution is 2.26. The Hall–Kier alpha value is -1.52. The van der Waals surface area contributed by atoms with Crippen LogP contribution in [0, 0.1) is 0 Å². The summed E-state index contributed by atoms with van der Waals surface area (Å²) in [6.45, 7) is 1.87. The highest BCUT2D eigenvalue weighted by atomic mass is 16.2.